The molecule has 78 valence electrons. The maximum atomic E-state index is 13.1. The lowest BCUT2D eigenvalue weighted by Crippen LogP contribution is -2.02. The maximum Gasteiger partial charge on any atom is 0.136 e. The van der Waals surface area contributed by atoms with Gasteiger partial charge in [0.05, 0.1) is 11.6 Å². The van der Waals surface area contributed by atoms with Crippen molar-refractivity contribution in [3.63, 3.8) is 0 Å². The second kappa shape index (κ2) is 4.75. The van der Waals surface area contributed by atoms with Gasteiger partial charge in [0.15, 0.2) is 0 Å². The first-order valence-corrected chi connectivity index (χ1v) is 5.03. The van der Waals surface area contributed by atoms with E-state index in [2.05, 4.69) is 15.9 Å². The van der Waals surface area contributed by atoms with Gasteiger partial charge in [0.2, 0.25) is 0 Å². The van der Waals surface area contributed by atoms with Crippen LogP contribution in [-0.2, 0) is 0 Å². The van der Waals surface area contributed by atoms with Crippen LogP contribution in [0.4, 0.5) is 4.39 Å². The highest BCUT2D eigenvalue weighted by atomic mass is 79.9. The molecule has 4 heteroatoms. The van der Waals surface area contributed by atoms with Gasteiger partial charge in [-0.15, -0.1) is 0 Å². The number of ether oxygens (including phenoxy) is 1. The van der Waals surface area contributed by atoms with Crippen LogP contribution in [0.1, 0.15) is 18.4 Å². The lowest BCUT2D eigenvalue weighted by atomic mass is 10.0. The van der Waals surface area contributed by atoms with E-state index < -0.39 is 0 Å². The summed E-state index contributed by atoms with van der Waals surface area (Å²) >= 11 is 3.31. The molecule has 0 heterocycles. The fourth-order valence-electron chi connectivity index (χ4n) is 1.19. The molecule has 0 bridgehead atoms. The molecule has 1 N–H and O–H groups in total. The van der Waals surface area contributed by atoms with Crippen LogP contribution in [0.3, 0.4) is 0 Å². The number of methoxy groups -OCH3 is 1. The van der Waals surface area contributed by atoms with Gasteiger partial charge < -0.3 is 9.84 Å². The molecule has 0 aliphatic heterocycles. The molecule has 2 nitrogen and oxygen atoms in total. The molecule has 0 amide bonds. The van der Waals surface area contributed by atoms with Crippen molar-refractivity contribution < 1.29 is 14.2 Å². The zero-order valence-electron chi connectivity index (χ0n) is 8.05. The average molecular weight is 263 g/mol. The molecule has 0 saturated heterocycles. The number of aliphatic hydroxyl groups is 1. The Morgan fingerprint density at radius 2 is 2.21 bits per heavy atom. The smallest absolute Gasteiger partial charge is 0.136 e. The number of halogens is 2. The van der Waals surface area contributed by atoms with Crippen molar-refractivity contribution in [2.45, 2.75) is 12.8 Å². The van der Waals surface area contributed by atoms with E-state index in [1.807, 2.05) is 6.92 Å². The Kier molecular flexibility index (Phi) is 3.89. The van der Waals surface area contributed by atoms with Crippen LogP contribution in [-0.4, -0.2) is 18.8 Å². The zero-order chi connectivity index (χ0) is 10.7. The Morgan fingerprint density at radius 3 is 2.71 bits per heavy atom. The number of rotatable bonds is 3. The molecule has 1 aromatic carbocycles. The minimum atomic E-state index is -0.361. The second-order valence-electron chi connectivity index (χ2n) is 3.09. The highest BCUT2D eigenvalue weighted by Crippen LogP contribution is 2.33. The molecule has 0 aliphatic rings. The third-order valence-corrected chi connectivity index (χ3v) is 2.91. The summed E-state index contributed by atoms with van der Waals surface area (Å²) in [5, 5.41) is 8.98. The average Bonchev–Trinajstić information content (AvgIpc) is 2.19. The van der Waals surface area contributed by atoms with Crippen LogP contribution >= 0.6 is 15.9 Å². The van der Waals surface area contributed by atoms with Crippen molar-refractivity contribution in [2.24, 2.45) is 0 Å². The summed E-state index contributed by atoms with van der Waals surface area (Å²) in [4.78, 5) is 0. The van der Waals surface area contributed by atoms with Gasteiger partial charge in [0.1, 0.15) is 11.6 Å². The number of hydrogen-bond donors (Lipinski definition) is 1. The summed E-state index contributed by atoms with van der Waals surface area (Å²) in [5.74, 6) is -0.0328. The summed E-state index contributed by atoms with van der Waals surface area (Å²) in [7, 11) is 1.48. The van der Waals surface area contributed by atoms with E-state index in [4.69, 9.17) is 9.84 Å². The van der Waals surface area contributed by atoms with Crippen molar-refractivity contribution in [1.29, 1.82) is 0 Å². The molecule has 1 aromatic rings. The highest BCUT2D eigenvalue weighted by molar-refractivity contribution is 9.10. The van der Waals surface area contributed by atoms with E-state index >= 15 is 0 Å². The van der Waals surface area contributed by atoms with Gasteiger partial charge >= 0.3 is 0 Å². The first kappa shape index (κ1) is 11.5. The summed E-state index contributed by atoms with van der Waals surface area (Å²) < 4.78 is 18.8. The van der Waals surface area contributed by atoms with Crippen molar-refractivity contribution >= 4 is 15.9 Å². The highest BCUT2D eigenvalue weighted by Gasteiger charge is 2.14. The van der Waals surface area contributed by atoms with E-state index in [1.165, 1.54) is 19.2 Å². The molecule has 0 radical (unpaired) electrons. The minimum absolute atomic E-state index is 0.0226. The van der Waals surface area contributed by atoms with Crippen LogP contribution in [0.15, 0.2) is 16.6 Å². The lowest BCUT2D eigenvalue weighted by Gasteiger charge is -2.13. The lowest BCUT2D eigenvalue weighted by molar-refractivity contribution is 0.272. The van der Waals surface area contributed by atoms with Gasteiger partial charge in [-0.3, -0.25) is 0 Å². The SMILES string of the molecule is COc1cc(F)cc(C(C)CO)c1Br. The van der Waals surface area contributed by atoms with Gasteiger partial charge in [-0.05, 0) is 27.6 Å². The molecule has 0 aromatic heterocycles. The van der Waals surface area contributed by atoms with Crippen LogP contribution in [0.25, 0.3) is 0 Å². The van der Waals surface area contributed by atoms with Crippen LogP contribution in [0, 0.1) is 5.82 Å². The predicted molar refractivity (Wildman–Crippen MR) is 56.2 cm³/mol. The zero-order valence-corrected chi connectivity index (χ0v) is 9.64. The Balaban J connectivity index is 3.21. The van der Waals surface area contributed by atoms with Gasteiger partial charge in [0.25, 0.3) is 0 Å². The molecule has 0 saturated carbocycles. The van der Waals surface area contributed by atoms with E-state index in [0.29, 0.717) is 15.8 Å². The van der Waals surface area contributed by atoms with Crippen molar-refractivity contribution in [2.75, 3.05) is 13.7 Å². The molecule has 1 rings (SSSR count). The fourth-order valence-corrected chi connectivity index (χ4v) is 1.97. The molecule has 14 heavy (non-hydrogen) atoms. The Bertz CT molecular complexity index is 328. The normalized spacial score (nSPS) is 12.6. The monoisotopic (exact) mass is 262 g/mol. The first-order chi connectivity index (χ1) is 6.60. The van der Waals surface area contributed by atoms with Crippen molar-refractivity contribution in [1.82, 2.24) is 0 Å². The Hall–Kier alpha value is -0.610. The van der Waals surface area contributed by atoms with E-state index in [9.17, 15) is 4.39 Å². The summed E-state index contributed by atoms with van der Waals surface area (Å²) in [6.07, 6.45) is 0. The third kappa shape index (κ3) is 2.25. The molecule has 0 aliphatic carbocycles. The molecular formula is C10H12BrFO2. The van der Waals surface area contributed by atoms with Gasteiger partial charge in [-0.25, -0.2) is 4.39 Å². The van der Waals surface area contributed by atoms with E-state index in [1.54, 1.807) is 0 Å². The van der Waals surface area contributed by atoms with E-state index in [-0.39, 0.29) is 18.3 Å². The predicted octanol–water partition coefficient (Wildman–Crippen LogP) is 2.69. The fraction of sp³-hybridized carbons (Fsp3) is 0.400. The van der Waals surface area contributed by atoms with Gasteiger partial charge in [-0.1, -0.05) is 6.92 Å². The molecule has 1 unspecified atom stereocenters. The summed E-state index contributed by atoms with van der Waals surface area (Å²) in [5.41, 5.74) is 0.712. The maximum absolute atomic E-state index is 13.1. The third-order valence-electron chi connectivity index (χ3n) is 2.06. The van der Waals surface area contributed by atoms with Crippen LogP contribution in [0.2, 0.25) is 0 Å². The molecule has 0 fully saturated rings. The largest absolute Gasteiger partial charge is 0.495 e. The number of benzene rings is 1. The van der Waals surface area contributed by atoms with Gasteiger partial charge in [0, 0.05) is 18.6 Å². The van der Waals surface area contributed by atoms with E-state index in [0.717, 1.165) is 0 Å². The quantitative estimate of drug-likeness (QED) is 0.908. The standard InChI is InChI=1S/C10H12BrFO2/c1-6(5-13)8-3-7(12)4-9(14-2)10(8)11/h3-4,6,13H,5H2,1-2H3. The van der Waals surface area contributed by atoms with Crippen molar-refractivity contribution in [3.05, 3.63) is 28.0 Å². The van der Waals surface area contributed by atoms with Crippen LogP contribution in [0.5, 0.6) is 5.75 Å². The summed E-state index contributed by atoms with van der Waals surface area (Å²) in [6.45, 7) is 1.80. The Labute approximate surface area is 90.8 Å². The van der Waals surface area contributed by atoms with Crippen LogP contribution < -0.4 is 4.74 Å². The molecule has 0 spiro atoms. The van der Waals surface area contributed by atoms with Crippen molar-refractivity contribution in [3.8, 4) is 5.75 Å². The number of hydrogen-bond acceptors (Lipinski definition) is 2. The topological polar surface area (TPSA) is 29.5 Å². The summed E-state index contributed by atoms with van der Waals surface area (Å²) in [6, 6.07) is 2.70. The van der Waals surface area contributed by atoms with Gasteiger partial charge in [-0.2, -0.15) is 0 Å². The minimum Gasteiger partial charge on any atom is -0.495 e. The molecular weight excluding hydrogens is 251 g/mol. The first-order valence-electron chi connectivity index (χ1n) is 4.24. The molecule has 1 atom stereocenters. The number of aliphatic hydroxyl groups excluding tert-OH is 1. The Morgan fingerprint density at radius 1 is 1.57 bits per heavy atom. The second-order valence-corrected chi connectivity index (χ2v) is 3.89.